The zero-order chi connectivity index (χ0) is 17.7. The van der Waals surface area contributed by atoms with Crippen LogP contribution in [0.1, 0.15) is 123 Å². The summed E-state index contributed by atoms with van der Waals surface area (Å²) < 4.78 is 6.11. The van der Waals surface area contributed by atoms with Gasteiger partial charge in [-0.2, -0.15) is 0 Å². The van der Waals surface area contributed by atoms with Gasteiger partial charge in [-0.05, 0) is 62.7 Å². The first-order valence-corrected chi connectivity index (χ1v) is 11.9. The van der Waals surface area contributed by atoms with Crippen LogP contribution in [0.5, 0.6) is 0 Å². The topological polar surface area (TPSA) is 9.23 Å². The van der Waals surface area contributed by atoms with E-state index in [0.29, 0.717) is 6.10 Å². The van der Waals surface area contributed by atoms with Gasteiger partial charge in [0.1, 0.15) is 0 Å². The molecule has 0 radical (unpaired) electrons. The third-order valence-electron chi connectivity index (χ3n) is 7.09. The van der Waals surface area contributed by atoms with Crippen molar-refractivity contribution in [2.75, 3.05) is 6.61 Å². The van der Waals surface area contributed by atoms with Gasteiger partial charge in [0.05, 0.1) is 6.10 Å². The Morgan fingerprint density at radius 2 is 1.16 bits per heavy atom. The SMILES string of the molecule is CCCCCCCC1CCC([C@H]2CC[C@H](OCCCCC)CC2)CC1. The van der Waals surface area contributed by atoms with Crippen LogP contribution >= 0.6 is 0 Å². The van der Waals surface area contributed by atoms with Crippen LogP contribution in [0.3, 0.4) is 0 Å². The molecular formula is C24H46O. The van der Waals surface area contributed by atoms with E-state index >= 15 is 0 Å². The highest BCUT2D eigenvalue weighted by molar-refractivity contribution is 4.82. The molecule has 0 N–H and O–H groups in total. The largest absolute Gasteiger partial charge is 0.378 e. The minimum Gasteiger partial charge on any atom is -0.378 e. The predicted octanol–water partition coefficient (Wildman–Crippen LogP) is 7.92. The average molecular weight is 351 g/mol. The Balaban J connectivity index is 1.52. The molecule has 1 nitrogen and oxygen atoms in total. The van der Waals surface area contributed by atoms with Crippen molar-refractivity contribution < 1.29 is 4.74 Å². The molecule has 0 saturated heterocycles. The van der Waals surface area contributed by atoms with Crippen LogP contribution in [-0.2, 0) is 4.74 Å². The Kier molecular flexibility index (Phi) is 11.2. The molecule has 25 heavy (non-hydrogen) atoms. The van der Waals surface area contributed by atoms with Crippen molar-refractivity contribution in [1.29, 1.82) is 0 Å². The highest BCUT2D eigenvalue weighted by Gasteiger charge is 2.30. The smallest absolute Gasteiger partial charge is 0.0575 e. The van der Waals surface area contributed by atoms with Crippen LogP contribution in [0.4, 0.5) is 0 Å². The lowest BCUT2D eigenvalue weighted by molar-refractivity contribution is 0.00538. The lowest BCUT2D eigenvalue weighted by Gasteiger charge is -2.38. The average Bonchev–Trinajstić information content (AvgIpc) is 2.66. The Morgan fingerprint density at radius 1 is 0.600 bits per heavy atom. The second kappa shape index (κ2) is 13.2. The van der Waals surface area contributed by atoms with Gasteiger partial charge < -0.3 is 4.74 Å². The predicted molar refractivity (Wildman–Crippen MR) is 110 cm³/mol. The van der Waals surface area contributed by atoms with Crippen molar-refractivity contribution in [3.05, 3.63) is 0 Å². The molecule has 148 valence electrons. The Bertz CT molecular complexity index is 297. The van der Waals surface area contributed by atoms with Gasteiger partial charge in [0.2, 0.25) is 0 Å². The zero-order valence-electron chi connectivity index (χ0n) is 17.4. The van der Waals surface area contributed by atoms with Crippen LogP contribution in [-0.4, -0.2) is 12.7 Å². The summed E-state index contributed by atoms with van der Waals surface area (Å²) in [6.45, 7) is 5.59. The molecule has 0 unspecified atom stereocenters. The molecule has 0 spiro atoms. The van der Waals surface area contributed by atoms with Gasteiger partial charge >= 0.3 is 0 Å². The molecule has 0 aromatic heterocycles. The van der Waals surface area contributed by atoms with Gasteiger partial charge in [-0.15, -0.1) is 0 Å². The maximum absolute atomic E-state index is 6.11. The molecule has 1 heteroatoms. The molecule has 0 aromatic rings. The fourth-order valence-corrected chi connectivity index (χ4v) is 5.31. The molecule has 0 aromatic carbocycles. The van der Waals surface area contributed by atoms with Crippen molar-refractivity contribution >= 4 is 0 Å². The maximum atomic E-state index is 6.11. The normalized spacial score (nSPS) is 30.5. The third kappa shape index (κ3) is 8.46. The van der Waals surface area contributed by atoms with Crippen LogP contribution in [0, 0.1) is 17.8 Å². The Morgan fingerprint density at radius 3 is 1.80 bits per heavy atom. The number of rotatable bonds is 12. The quantitative estimate of drug-likeness (QED) is 0.325. The van der Waals surface area contributed by atoms with E-state index in [1.807, 2.05) is 0 Å². The summed E-state index contributed by atoms with van der Waals surface area (Å²) >= 11 is 0. The second-order valence-electron chi connectivity index (χ2n) is 9.10. The maximum Gasteiger partial charge on any atom is 0.0575 e. The Labute approximate surface area is 158 Å². The summed E-state index contributed by atoms with van der Waals surface area (Å²) in [5, 5.41) is 0. The van der Waals surface area contributed by atoms with Gasteiger partial charge in [0.25, 0.3) is 0 Å². The number of unbranched alkanes of at least 4 members (excludes halogenated alkanes) is 6. The van der Waals surface area contributed by atoms with Crippen LogP contribution in [0.25, 0.3) is 0 Å². The van der Waals surface area contributed by atoms with Crippen molar-refractivity contribution in [1.82, 2.24) is 0 Å². The van der Waals surface area contributed by atoms with E-state index in [-0.39, 0.29) is 0 Å². The second-order valence-corrected chi connectivity index (χ2v) is 9.10. The van der Waals surface area contributed by atoms with Gasteiger partial charge in [-0.25, -0.2) is 0 Å². The molecule has 2 aliphatic rings. The molecule has 2 saturated carbocycles. The summed E-state index contributed by atoms with van der Waals surface area (Å²) in [7, 11) is 0. The molecule has 0 aliphatic heterocycles. The van der Waals surface area contributed by atoms with Crippen LogP contribution in [0.15, 0.2) is 0 Å². The van der Waals surface area contributed by atoms with E-state index in [9.17, 15) is 0 Å². The summed E-state index contributed by atoms with van der Waals surface area (Å²) in [4.78, 5) is 0. The van der Waals surface area contributed by atoms with Crippen molar-refractivity contribution in [3.63, 3.8) is 0 Å². The number of ether oxygens (including phenoxy) is 1. The molecular weight excluding hydrogens is 304 g/mol. The van der Waals surface area contributed by atoms with E-state index in [4.69, 9.17) is 4.74 Å². The summed E-state index contributed by atoms with van der Waals surface area (Å²) in [5.41, 5.74) is 0. The minimum absolute atomic E-state index is 0.590. The fraction of sp³-hybridized carbons (Fsp3) is 1.00. The molecule has 0 bridgehead atoms. The summed E-state index contributed by atoms with van der Waals surface area (Å²) in [6.07, 6.45) is 25.0. The van der Waals surface area contributed by atoms with Crippen molar-refractivity contribution in [2.24, 2.45) is 17.8 Å². The first-order chi connectivity index (χ1) is 12.3. The van der Waals surface area contributed by atoms with E-state index in [0.717, 1.165) is 24.4 Å². The highest BCUT2D eigenvalue weighted by Crippen LogP contribution is 2.41. The van der Waals surface area contributed by atoms with E-state index < -0.39 is 0 Å². The molecule has 0 heterocycles. The van der Waals surface area contributed by atoms with Gasteiger partial charge in [0, 0.05) is 6.61 Å². The minimum atomic E-state index is 0.590. The highest BCUT2D eigenvalue weighted by atomic mass is 16.5. The summed E-state index contributed by atoms with van der Waals surface area (Å²) in [5.74, 6) is 3.15. The summed E-state index contributed by atoms with van der Waals surface area (Å²) in [6, 6.07) is 0. The molecule has 2 rings (SSSR count). The van der Waals surface area contributed by atoms with Crippen LogP contribution in [0.2, 0.25) is 0 Å². The van der Waals surface area contributed by atoms with E-state index in [1.54, 1.807) is 0 Å². The monoisotopic (exact) mass is 350 g/mol. The van der Waals surface area contributed by atoms with Crippen molar-refractivity contribution in [2.45, 2.75) is 129 Å². The fourth-order valence-electron chi connectivity index (χ4n) is 5.31. The van der Waals surface area contributed by atoms with E-state index in [2.05, 4.69) is 13.8 Å². The lowest BCUT2D eigenvalue weighted by Crippen LogP contribution is -2.28. The molecule has 2 fully saturated rings. The van der Waals surface area contributed by atoms with Gasteiger partial charge in [0.15, 0.2) is 0 Å². The first kappa shape index (κ1) is 21.3. The van der Waals surface area contributed by atoms with Crippen LogP contribution < -0.4 is 0 Å². The van der Waals surface area contributed by atoms with E-state index in [1.165, 1.54) is 109 Å². The van der Waals surface area contributed by atoms with Crippen molar-refractivity contribution in [3.8, 4) is 0 Å². The number of hydrogen-bond acceptors (Lipinski definition) is 1. The lowest BCUT2D eigenvalue weighted by atomic mass is 9.70. The molecule has 2 aliphatic carbocycles. The zero-order valence-corrected chi connectivity index (χ0v) is 17.4. The third-order valence-corrected chi connectivity index (χ3v) is 7.09. The Hall–Kier alpha value is -0.0400. The standard InChI is InChI=1S/C24H46O/c1-3-5-7-8-9-11-21-12-14-22(15-13-21)23-16-18-24(19-17-23)25-20-10-6-4-2/h21-24H,3-20H2,1-2H3/t21?,22?,23-,24-. The van der Waals surface area contributed by atoms with Gasteiger partial charge in [-0.3, -0.25) is 0 Å². The molecule has 0 amide bonds. The molecule has 0 atom stereocenters. The van der Waals surface area contributed by atoms with Gasteiger partial charge in [-0.1, -0.05) is 78.1 Å². The number of hydrogen-bond donors (Lipinski definition) is 0. The first-order valence-electron chi connectivity index (χ1n) is 11.9.